The second-order valence-electron chi connectivity index (χ2n) is 4.43. The Bertz CT molecular complexity index is 796. The molecule has 3 nitrogen and oxygen atoms in total. The van der Waals surface area contributed by atoms with E-state index in [2.05, 4.69) is 4.98 Å². The number of halogens is 1. The van der Waals surface area contributed by atoms with E-state index in [0.717, 1.165) is 20.8 Å². The van der Waals surface area contributed by atoms with Gasteiger partial charge < -0.3 is 4.74 Å². The third-order valence-electron chi connectivity index (χ3n) is 2.99. The number of hydrogen-bond acceptors (Lipinski definition) is 4. The predicted molar refractivity (Wildman–Crippen MR) is 81.0 cm³/mol. The quantitative estimate of drug-likeness (QED) is 0.678. The van der Waals surface area contributed by atoms with E-state index < -0.39 is 0 Å². The Balaban J connectivity index is 1.93. The molecule has 0 fully saturated rings. The lowest BCUT2D eigenvalue weighted by Gasteiger charge is -2.02. The standard InChI is InChI=1S/C16H12FNO2S/c1-2-20-16(19)11-5-3-10(4-6-11)15-18-13-8-7-12(17)9-14(13)21-15/h3-9H,2H2,1H3. The van der Waals surface area contributed by atoms with Crippen LogP contribution in [0.2, 0.25) is 0 Å². The van der Waals surface area contributed by atoms with Crippen LogP contribution in [0.1, 0.15) is 17.3 Å². The topological polar surface area (TPSA) is 39.2 Å². The fourth-order valence-corrected chi connectivity index (χ4v) is 2.98. The van der Waals surface area contributed by atoms with Gasteiger partial charge in [-0.25, -0.2) is 14.2 Å². The Morgan fingerprint density at radius 2 is 2.00 bits per heavy atom. The molecule has 0 unspecified atom stereocenters. The third kappa shape index (κ3) is 2.78. The van der Waals surface area contributed by atoms with Gasteiger partial charge in [-0.1, -0.05) is 12.1 Å². The summed E-state index contributed by atoms with van der Waals surface area (Å²) in [5, 5.41) is 0.797. The molecule has 1 heterocycles. The van der Waals surface area contributed by atoms with Gasteiger partial charge in [0.05, 0.1) is 22.4 Å². The highest BCUT2D eigenvalue weighted by molar-refractivity contribution is 7.21. The Labute approximate surface area is 125 Å². The molecule has 0 N–H and O–H groups in total. The SMILES string of the molecule is CCOC(=O)c1ccc(-c2nc3ccc(F)cc3s2)cc1. The first kappa shape index (κ1) is 13.7. The van der Waals surface area contributed by atoms with Gasteiger partial charge in [0.25, 0.3) is 0 Å². The number of fused-ring (bicyclic) bond motifs is 1. The molecule has 0 aliphatic heterocycles. The van der Waals surface area contributed by atoms with E-state index in [1.54, 1.807) is 25.1 Å². The zero-order valence-corrected chi connectivity index (χ0v) is 12.1. The van der Waals surface area contributed by atoms with Crippen LogP contribution < -0.4 is 0 Å². The van der Waals surface area contributed by atoms with E-state index in [1.165, 1.54) is 23.5 Å². The number of hydrogen-bond donors (Lipinski definition) is 0. The van der Waals surface area contributed by atoms with Gasteiger partial charge in [-0.15, -0.1) is 11.3 Å². The number of ether oxygens (including phenoxy) is 1. The molecule has 0 aliphatic rings. The van der Waals surface area contributed by atoms with Crippen molar-refractivity contribution in [2.75, 3.05) is 6.61 Å². The molecule has 3 aromatic rings. The molecular weight excluding hydrogens is 289 g/mol. The van der Waals surface area contributed by atoms with Crippen LogP contribution in [0.25, 0.3) is 20.8 Å². The molecule has 5 heteroatoms. The van der Waals surface area contributed by atoms with Crippen LogP contribution in [-0.2, 0) is 4.74 Å². The van der Waals surface area contributed by atoms with Crippen molar-refractivity contribution in [2.24, 2.45) is 0 Å². The van der Waals surface area contributed by atoms with Crippen LogP contribution in [0, 0.1) is 5.82 Å². The average molecular weight is 301 g/mol. The first-order valence-electron chi connectivity index (χ1n) is 6.51. The highest BCUT2D eigenvalue weighted by Gasteiger charge is 2.09. The molecule has 21 heavy (non-hydrogen) atoms. The van der Waals surface area contributed by atoms with E-state index >= 15 is 0 Å². The van der Waals surface area contributed by atoms with Crippen molar-refractivity contribution < 1.29 is 13.9 Å². The fourth-order valence-electron chi connectivity index (χ4n) is 1.99. The smallest absolute Gasteiger partial charge is 0.338 e. The van der Waals surface area contributed by atoms with Crippen molar-refractivity contribution in [3.8, 4) is 10.6 Å². The second-order valence-corrected chi connectivity index (χ2v) is 5.46. The zero-order chi connectivity index (χ0) is 14.8. The summed E-state index contributed by atoms with van der Waals surface area (Å²) in [5.41, 5.74) is 2.17. The van der Waals surface area contributed by atoms with E-state index in [0.29, 0.717) is 12.2 Å². The largest absolute Gasteiger partial charge is 0.462 e. The maximum Gasteiger partial charge on any atom is 0.338 e. The number of benzene rings is 2. The Hall–Kier alpha value is -2.27. The minimum absolute atomic E-state index is 0.268. The molecule has 0 bridgehead atoms. The Morgan fingerprint density at radius 1 is 1.24 bits per heavy atom. The molecule has 0 spiro atoms. The minimum atomic E-state index is -0.338. The van der Waals surface area contributed by atoms with Crippen molar-refractivity contribution >= 4 is 27.5 Å². The lowest BCUT2D eigenvalue weighted by Crippen LogP contribution is -2.03. The van der Waals surface area contributed by atoms with Crippen LogP contribution in [-0.4, -0.2) is 17.6 Å². The number of esters is 1. The summed E-state index contributed by atoms with van der Waals surface area (Å²) in [6.45, 7) is 2.12. The van der Waals surface area contributed by atoms with Crippen LogP contribution in [0.5, 0.6) is 0 Å². The van der Waals surface area contributed by atoms with Gasteiger partial charge in [0.1, 0.15) is 10.8 Å². The van der Waals surface area contributed by atoms with Gasteiger partial charge in [0, 0.05) is 5.56 Å². The Kier molecular flexibility index (Phi) is 3.66. The van der Waals surface area contributed by atoms with Crippen LogP contribution in [0.15, 0.2) is 42.5 Å². The molecule has 2 aromatic carbocycles. The lowest BCUT2D eigenvalue weighted by molar-refractivity contribution is 0.0526. The van der Waals surface area contributed by atoms with Crippen molar-refractivity contribution in [1.82, 2.24) is 4.98 Å². The second kappa shape index (κ2) is 5.61. The summed E-state index contributed by atoms with van der Waals surface area (Å²) in [5.74, 6) is -0.606. The summed E-state index contributed by atoms with van der Waals surface area (Å²) in [6.07, 6.45) is 0. The van der Waals surface area contributed by atoms with Gasteiger partial charge in [-0.05, 0) is 37.3 Å². The molecule has 106 valence electrons. The minimum Gasteiger partial charge on any atom is -0.462 e. The molecular formula is C16H12FNO2S. The molecule has 0 aliphatic carbocycles. The van der Waals surface area contributed by atoms with Crippen LogP contribution in [0.4, 0.5) is 4.39 Å². The van der Waals surface area contributed by atoms with Gasteiger partial charge in [0.15, 0.2) is 0 Å². The van der Waals surface area contributed by atoms with Gasteiger partial charge in [-0.2, -0.15) is 0 Å². The summed E-state index contributed by atoms with van der Waals surface area (Å²) in [7, 11) is 0. The van der Waals surface area contributed by atoms with E-state index in [9.17, 15) is 9.18 Å². The summed E-state index contributed by atoms with van der Waals surface area (Å²) >= 11 is 1.42. The maximum absolute atomic E-state index is 13.2. The van der Waals surface area contributed by atoms with E-state index in [-0.39, 0.29) is 11.8 Å². The Morgan fingerprint density at radius 3 is 2.71 bits per heavy atom. The predicted octanol–water partition coefficient (Wildman–Crippen LogP) is 4.28. The summed E-state index contributed by atoms with van der Waals surface area (Å²) in [4.78, 5) is 16.1. The summed E-state index contributed by atoms with van der Waals surface area (Å²) in [6, 6.07) is 11.6. The van der Waals surface area contributed by atoms with Gasteiger partial charge >= 0.3 is 5.97 Å². The lowest BCUT2D eigenvalue weighted by atomic mass is 10.1. The van der Waals surface area contributed by atoms with Crippen LogP contribution >= 0.6 is 11.3 Å². The molecule has 1 aromatic heterocycles. The normalized spacial score (nSPS) is 10.8. The monoisotopic (exact) mass is 301 g/mol. The van der Waals surface area contributed by atoms with Crippen LogP contribution in [0.3, 0.4) is 0 Å². The molecule has 0 radical (unpaired) electrons. The van der Waals surface area contributed by atoms with E-state index in [4.69, 9.17) is 4.74 Å². The number of carbonyl (C=O) groups is 1. The first-order valence-corrected chi connectivity index (χ1v) is 7.32. The third-order valence-corrected chi connectivity index (χ3v) is 4.06. The zero-order valence-electron chi connectivity index (χ0n) is 11.3. The number of carbonyl (C=O) groups excluding carboxylic acids is 1. The maximum atomic E-state index is 13.2. The fraction of sp³-hybridized carbons (Fsp3) is 0.125. The van der Waals surface area contributed by atoms with E-state index in [1.807, 2.05) is 12.1 Å². The highest BCUT2D eigenvalue weighted by atomic mass is 32.1. The summed E-state index contributed by atoms with van der Waals surface area (Å²) < 4.78 is 18.9. The molecule has 3 rings (SSSR count). The van der Waals surface area contributed by atoms with Crippen molar-refractivity contribution in [1.29, 1.82) is 0 Å². The molecule has 0 saturated carbocycles. The molecule has 0 atom stereocenters. The number of thiazole rings is 1. The van der Waals surface area contributed by atoms with Crippen molar-refractivity contribution in [3.05, 3.63) is 53.8 Å². The molecule has 0 amide bonds. The number of aromatic nitrogens is 1. The van der Waals surface area contributed by atoms with Crippen molar-refractivity contribution in [3.63, 3.8) is 0 Å². The van der Waals surface area contributed by atoms with Gasteiger partial charge in [-0.3, -0.25) is 0 Å². The highest BCUT2D eigenvalue weighted by Crippen LogP contribution is 2.30. The first-order chi connectivity index (χ1) is 10.2. The average Bonchev–Trinajstić information content (AvgIpc) is 2.90. The molecule has 0 saturated heterocycles. The van der Waals surface area contributed by atoms with Crippen molar-refractivity contribution in [2.45, 2.75) is 6.92 Å². The number of nitrogens with zero attached hydrogens (tertiary/aromatic N) is 1. The van der Waals surface area contributed by atoms with Gasteiger partial charge in [0.2, 0.25) is 0 Å². The number of rotatable bonds is 3.